The maximum atomic E-state index is 6.84. The van der Waals surface area contributed by atoms with E-state index in [1.165, 1.54) is 147 Å². The summed E-state index contributed by atoms with van der Waals surface area (Å²) in [4.78, 5) is 28.9. The van der Waals surface area contributed by atoms with Crippen molar-refractivity contribution in [2.75, 3.05) is 0 Å². The van der Waals surface area contributed by atoms with Crippen LogP contribution in [-0.4, -0.2) is 48.2 Å². The van der Waals surface area contributed by atoms with Crippen molar-refractivity contribution in [3.63, 3.8) is 0 Å². The standard InChI is InChI=1S/C50H27ClN4OS.C44H24ClN3OS.C36H18ClN3OS/c51-50-52-45-34-17-7-10-20-41(34)56-47(45)49(53-50)55-40-25-23-29(28-22-24-39-36(26-28)31-14-6-9-19-38(31)54(39)30-12-2-1-3-13-30)27-37(40)43-32-15-4-5-16-33(32)44-35-18-8-11-21-42(35)57-48(44)46(43)55;45-44-46-39-31-17-9-10-18-35(31)49-41(39)43(47-44)48-34-21-19-27(25-11-3-1-4-12-25)23-32(34)37-29-15-7-8-16-30(29)38-33-24-28(26-13-5-2-6-14-26)20-22-36(33)50-42(38)40(37)48;37-36-38-31-25-17-19-9-1-2-10-20(19)18-27(25)41-33(31)35(39-36)40-26-15-7-5-13-23(26)29-21-11-3-4-12-22(21)30-24-14-6-8-16-28(24)42-34(30)32(29)40/h1-27H;1-24H;1-18H. The van der Waals surface area contributed by atoms with Crippen LogP contribution < -0.4 is 0 Å². The van der Waals surface area contributed by atoms with Gasteiger partial charge in [-0.25, -0.2) is 15.0 Å². The molecule has 0 bridgehead atoms. The maximum Gasteiger partial charge on any atom is 0.225 e. The van der Waals surface area contributed by atoms with Crippen molar-refractivity contribution < 1.29 is 13.3 Å². The molecular weight excluding hydrogens is 1950 g/mol. The Bertz CT molecular complexity index is 11800. The molecule has 21 aromatic carbocycles. The number of hydrogen-bond donors (Lipinski definition) is 0. The smallest absolute Gasteiger partial charge is 0.225 e. The monoisotopic (exact) mass is 2020 g/mol. The second-order valence-corrected chi connectivity index (χ2v) is 42.2. The van der Waals surface area contributed by atoms with Crippen molar-refractivity contribution in [1.29, 1.82) is 0 Å². The van der Waals surface area contributed by atoms with Crippen molar-refractivity contribution in [2.24, 2.45) is 0 Å². The Morgan fingerprint density at radius 3 is 0.973 bits per heavy atom. The summed E-state index contributed by atoms with van der Waals surface area (Å²) in [5.41, 5.74) is 23.1. The molecule has 149 heavy (non-hydrogen) atoms. The highest BCUT2D eigenvalue weighted by Gasteiger charge is 2.33. The fourth-order valence-corrected chi connectivity index (χ4v) is 28.1. The van der Waals surface area contributed by atoms with E-state index in [0.717, 1.165) is 115 Å². The van der Waals surface area contributed by atoms with Crippen LogP contribution in [-0.2, 0) is 0 Å². The summed E-state index contributed by atoms with van der Waals surface area (Å²) in [6.07, 6.45) is 0. The Morgan fingerprint density at radius 2 is 0.503 bits per heavy atom. The Hall–Kier alpha value is -18.0. The number of para-hydroxylation sites is 5. The molecule has 0 N–H and O–H groups in total. The van der Waals surface area contributed by atoms with Gasteiger partial charge in [-0.1, -0.05) is 297 Å². The van der Waals surface area contributed by atoms with Gasteiger partial charge in [-0.2, -0.15) is 15.0 Å². The Morgan fingerprint density at radius 1 is 0.195 bits per heavy atom. The van der Waals surface area contributed by atoms with Crippen LogP contribution in [0.3, 0.4) is 0 Å². The number of nitrogens with zero attached hydrogens (tertiary/aromatic N) is 10. The van der Waals surface area contributed by atoms with Crippen LogP contribution in [0.15, 0.2) is 432 Å². The molecule has 0 saturated heterocycles. The third-order valence-corrected chi connectivity index (χ3v) is 34.1. The molecule has 13 nitrogen and oxygen atoms in total. The first-order valence-electron chi connectivity index (χ1n) is 49.2. The van der Waals surface area contributed by atoms with Crippen molar-refractivity contribution in [1.82, 2.24) is 48.2 Å². The van der Waals surface area contributed by atoms with E-state index in [4.69, 9.17) is 73.0 Å². The summed E-state index contributed by atoms with van der Waals surface area (Å²) in [6, 6.07) is 148. The number of furan rings is 3. The molecule has 696 valence electrons. The van der Waals surface area contributed by atoms with Gasteiger partial charge in [0.05, 0.1) is 58.2 Å². The third-order valence-electron chi connectivity index (χ3n) is 30.1. The van der Waals surface area contributed by atoms with E-state index in [-0.39, 0.29) is 15.9 Å². The van der Waals surface area contributed by atoms with Crippen LogP contribution in [0, 0.1) is 0 Å². The fraction of sp³-hybridized carbons (Fsp3) is 0. The van der Waals surface area contributed by atoms with Gasteiger partial charge in [0.2, 0.25) is 15.9 Å². The largest absolute Gasteiger partial charge is 0.450 e. The number of rotatable bonds is 7. The first-order valence-corrected chi connectivity index (χ1v) is 52.8. The van der Waals surface area contributed by atoms with Crippen LogP contribution >= 0.6 is 68.8 Å². The van der Waals surface area contributed by atoms with Crippen LogP contribution in [0.5, 0.6) is 0 Å². The average Bonchev–Trinajstić information content (AvgIpc) is 1.53. The first kappa shape index (κ1) is 84.4. The Kier molecular flexibility index (Phi) is 18.4. The second kappa shape index (κ2) is 32.5. The number of benzene rings is 21. The van der Waals surface area contributed by atoms with E-state index in [0.29, 0.717) is 50.8 Å². The van der Waals surface area contributed by atoms with E-state index >= 15 is 0 Å². The summed E-state index contributed by atoms with van der Waals surface area (Å²) >= 11 is 25.8. The van der Waals surface area contributed by atoms with Gasteiger partial charge in [0.1, 0.15) is 33.3 Å². The molecule has 0 aliphatic rings. The molecule has 0 spiro atoms. The maximum absolute atomic E-state index is 6.84. The van der Waals surface area contributed by atoms with Crippen LogP contribution in [0.1, 0.15) is 0 Å². The van der Waals surface area contributed by atoms with E-state index in [9.17, 15) is 0 Å². The lowest BCUT2D eigenvalue weighted by molar-refractivity contribution is 0.662. The molecular formula is C130H69Cl3N10O3S3. The molecule has 0 aliphatic heterocycles. The third kappa shape index (κ3) is 12.6. The van der Waals surface area contributed by atoms with Crippen molar-refractivity contribution in [3.8, 4) is 56.5 Å². The zero-order chi connectivity index (χ0) is 97.8. The Labute approximate surface area is 871 Å². The molecule has 13 heterocycles. The van der Waals surface area contributed by atoms with Gasteiger partial charge >= 0.3 is 0 Å². The Balaban J connectivity index is 0.0000001000. The van der Waals surface area contributed by atoms with Gasteiger partial charge in [-0.05, 0) is 233 Å². The van der Waals surface area contributed by atoms with Crippen LogP contribution in [0.2, 0.25) is 15.9 Å². The summed E-state index contributed by atoms with van der Waals surface area (Å²) in [7, 11) is 0. The molecule has 0 radical (unpaired) electrons. The van der Waals surface area contributed by atoms with Crippen LogP contribution in [0.4, 0.5) is 0 Å². The lowest BCUT2D eigenvalue weighted by Gasteiger charge is -2.10. The van der Waals surface area contributed by atoms with Gasteiger partial charge in [0, 0.05) is 111 Å². The lowest BCUT2D eigenvalue weighted by Crippen LogP contribution is -2.00. The molecule has 0 saturated carbocycles. The molecule has 13 aromatic heterocycles. The quantitative estimate of drug-likeness (QED) is 0.143. The van der Waals surface area contributed by atoms with Crippen LogP contribution in [0.25, 0.3) is 314 Å². The van der Waals surface area contributed by atoms with Crippen molar-refractivity contribution >= 4 is 326 Å². The predicted molar refractivity (Wildman–Crippen MR) is 625 cm³/mol. The molecule has 0 unspecified atom stereocenters. The molecule has 0 fully saturated rings. The SMILES string of the molecule is Clc1nc(-n2c3ccc(-c4ccc5c(c4)c4ccccc4n5-c4ccccc4)cc3c3c4ccccc4c4c5ccccc5sc4c32)c2oc3ccccc3c2n1.Clc1nc(-n2c3ccc(-c4ccccc4)cc3c3c4ccccc4c4c5cc(-c6ccccc6)ccc5sc4c32)c2oc3ccccc3c2n1.Clc1nc(-n2c3ccccc3c3c4ccccc4c4c5ccccc5sc4c32)c2oc3cc4ccccc4cc3c2n1. The molecule has 19 heteroatoms. The number of thiophene rings is 3. The second-order valence-electron chi connectivity index (χ2n) is 38.0. The van der Waals surface area contributed by atoms with Gasteiger partial charge < -0.3 is 17.8 Å². The van der Waals surface area contributed by atoms with Gasteiger partial charge in [-0.15, -0.1) is 34.0 Å². The zero-order valence-corrected chi connectivity index (χ0v) is 83.1. The molecule has 0 aliphatic carbocycles. The normalized spacial score (nSPS) is 12.3. The summed E-state index contributed by atoms with van der Waals surface area (Å²) in [5, 5.41) is 29.7. The first-order chi connectivity index (χ1) is 73.6. The van der Waals surface area contributed by atoms with Crippen molar-refractivity contribution in [2.45, 2.75) is 0 Å². The molecule has 34 rings (SSSR count). The summed E-state index contributed by atoms with van der Waals surface area (Å²) in [5.74, 6) is 1.89. The van der Waals surface area contributed by atoms with Crippen molar-refractivity contribution in [3.05, 3.63) is 434 Å². The van der Waals surface area contributed by atoms with Gasteiger partial charge in [0.15, 0.2) is 34.2 Å². The highest BCUT2D eigenvalue weighted by molar-refractivity contribution is 7.28. The zero-order valence-electron chi connectivity index (χ0n) is 78.4. The minimum absolute atomic E-state index is 0.173. The highest BCUT2D eigenvalue weighted by atomic mass is 35.5. The molecule has 0 amide bonds. The summed E-state index contributed by atoms with van der Waals surface area (Å²) < 4.78 is 36.3. The summed E-state index contributed by atoms with van der Waals surface area (Å²) in [6.45, 7) is 0. The minimum Gasteiger partial charge on any atom is -0.450 e. The predicted octanol–water partition coefficient (Wildman–Crippen LogP) is 38.2. The fourth-order valence-electron chi connectivity index (χ4n) is 23.8. The molecule has 0 atom stereocenters. The number of halogens is 3. The van der Waals surface area contributed by atoms with E-state index in [2.05, 4.69) is 381 Å². The topological polar surface area (TPSA) is 136 Å². The lowest BCUT2D eigenvalue weighted by atomic mass is 9.96. The number of aromatic nitrogens is 10. The van der Waals surface area contributed by atoms with E-state index in [1.54, 1.807) is 0 Å². The minimum atomic E-state index is 0.173. The number of hydrogen-bond acceptors (Lipinski definition) is 12. The van der Waals surface area contributed by atoms with Gasteiger partial charge in [-0.3, -0.25) is 13.7 Å². The molecule has 34 aromatic rings. The average molecular weight is 2020 g/mol. The van der Waals surface area contributed by atoms with Gasteiger partial charge in [0.25, 0.3) is 0 Å². The highest BCUT2D eigenvalue weighted by Crippen LogP contribution is 2.56. The van der Waals surface area contributed by atoms with E-state index in [1.807, 2.05) is 94.7 Å². The van der Waals surface area contributed by atoms with E-state index < -0.39 is 0 Å². The number of fused-ring (bicyclic) bond motifs is 43.